The van der Waals surface area contributed by atoms with Gasteiger partial charge in [-0.15, -0.1) is 0 Å². The van der Waals surface area contributed by atoms with Crippen molar-refractivity contribution in [3.05, 3.63) is 65.7 Å². The van der Waals surface area contributed by atoms with Crippen molar-refractivity contribution in [3.63, 3.8) is 0 Å². The summed E-state index contributed by atoms with van der Waals surface area (Å²) in [7, 11) is 1.71. The van der Waals surface area contributed by atoms with Crippen molar-refractivity contribution >= 4 is 0 Å². The van der Waals surface area contributed by atoms with Gasteiger partial charge < -0.3 is 4.74 Å². The van der Waals surface area contributed by atoms with Crippen molar-refractivity contribution in [1.82, 2.24) is 0 Å². The smallest absolute Gasteiger partial charge is 0.118 e. The van der Waals surface area contributed by atoms with Gasteiger partial charge in [-0.25, -0.2) is 0 Å². The molecule has 0 N–H and O–H groups in total. The van der Waals surface area contributed by atoms with Gasteiger partial charge in [-0.2, -0.15) is 0 Å². The molecule has 0 spiro atoms. The van der Waals surface area contributed by atoms with Crippen molar-refractivity contribution in [2.24, 2.45) is 0 Å². The first-order valence-electron chi connectivity index (χ1n) is 7.01. The summed E-state index contributed by atoms with van der Waals surface area (Å²) in [5.74, 6) is 1.59. The minimum atomic E-state index is 0.656. The number of hydrogen-bond acceptors (Lipinski definition) is 1. The van der Waals surface area contributed by atoms with E-state index in [1.807, 2.05) is 12.1 Å². The van der Waals surface area contributed by atoms with Crippen LogP contribution >= 0.6 is 0 Å². The second-order valence-electron chi connectivity index (χ2n) is 4.90. The highest BCUT2D eigenvalue weighted by Gasteiger charge is 2.08. The molecule has 1 heteroatoms. The summed E-state index contributed by atoms with van der Waals surface area (Å²) in [4.78, 5) is 0. The summed E-state index contributed by atoms with van der Waals surface area (Å²) in [6.45, 7) is 2.27. The van der Waals surface area contributed by atoms with Crippen LogP contribution in [0.4, 0.5) is 0 Å². The predicted octanol–water partition coefficient (Wildman–Crippen LogP) is 4.82. The largest absolute Gasteiger partial charge is 0.497 e. The van der Waals surface area contributed by atoms with Gasteiger partial charge in [-0.05, 0) is 48.4 Å². The van der Waals surface area contributed by atoms with Crippen molar-refractivity contribution in [3.8, 4) is 5.75 Å². The molecule has 2 aromatic carbocycles. The summed E-state index contributed by atoms with van der Waals surface area (Å²) in [5.41, 5.74) is 2.84. The van der Waals surface area contributed by atoms with Crippen LogP contribution in [0, 0.1) is 0 Å². The third-order valence-electron chi connectivity index (χ3n) is 3.70. The summed E-state index contributed by atoms with van der Waals surface area (Å²) in [6.07, 6.45) is 3.52. The zero-order valence-corrected chi connectivity index (χ0v) is 11.8. The molecular weight excluding hydrogens is 232 g/mol. The maximum atomic E-state index is 5.19. The fourth-order valence-corrected chi connectivity index (χ4v) is 2.46. The lowest BCUT2D eigenvalue weighted by atomic mass is 9.90. The van der Waals surface area contributed by atoms with Crippen molar-refractivity contribution in [1.29, 1.82) is 0 Å². The van der Waals surface area contributed by atoms with E-state index in [4.69, 9.17) is 4.74 Å². The van der Waals surface area contributed by atoms with Crippen molar-refractivity contribution in [2.75, 3.05) is 7.11 Å². The van der Waals surface area contributed by atoms with Crippen LogP contribution < -0.4 is 4.74 Å². The van der Waals surface area contributed by atoms with Gasteiger partial charge in [-0.3, -0.25) is 0 Å². The fraction of sp³-hybridized carbons (Fsp3) is 0.333. The highest BCUT2D eigenvalue weighted by atomic mass is 16.5. The lowest BCUT2D eigenvalue weighted by Gasteiger charge is -2.15. The van der Waals surface area contributed by atoms with E-state index in [9.17, 15) is 0 Å². The highest BCUT2D eigenvalue weighted by molar-refractivity contribution is 5.27. The maximum absolute atomic E-state index is 5.19. The first-order chi connectivity index (χ1) is 9.33. The fourth-order valence-electron chi connectivity index (χ4n) is 2.46. The molecule has 0 aromatic heterocycles. The van der Waals surface area contributed by atoms with Crippen molar-refractivity contribution < 1.29 is 4.74 Å². The predicted molar refractivity (Wildman–Crippen MR) is 80.8 cm³/mol. The van der Waals surface area contributed by atoms with Gasteiger partial charge >= 0.3 is 0 Å². The Balaban J connectivity index is 1.96. The van der Waals surface area contributed by atoms with Gasteiger partial charge in [0.15, 0.2) is 0 Å². The molecule has 0 bridgehead atoms. The summed E-state index contributed by atoms with van der Waals surface area (Å²) in [5, 5.41) is 0. The Labute approximate surface area is 116 Å². The van der Waals surface area contributed by atoms with Gasteiger partial charge in [0.05, 0.1) is 7.11 Å². The molecule has 100 valence electrons. The van der Waals surface area contributed by atoms with Gasteiger partial charge in [0.2, 0.25) is 0 Å². The van der Waals surface area contributed by atoms with E-state index < -0.39 is 0 Å². The number of aryl methyl sites for hydroxylation is 1. The monoisotopic (exact) mass is 254 g/mol. The van der Waals surface area contributed by atoms with Crippen LogP contribution in [0.2, 0.25) is 0 Å². The average molecular weight is 254 g/mol. The molecule has 0 fully saturated rings. The van der Waals surface area contributed by atoms with E-state index in [-0.39, 0.29) is 0 Å². The topological polar surface area (TPSA) is 9.23 Å². The summed E-state index contributed by atoms with van der Waals surface area (Å²) < 4.78 is 5.19. The Morgan fingerprint density at radius 3 is 2.21 bits per heavy atom. The molecule has 19 heavy (non-hydrogen) atoms. The quantitative estimate of drug-likeness (QED) is 0.718. The van der Waals surface area contributed by atoms with Crippen LogP contribution in [0.1, 0.15) is 36.8 Å². The van der Waals surface area contributed by atoms with E-state index >= 15 is 0 Å². The minimum absolute atomic E-state index is 0.656. The van der Waals surface area contributed by atoms with Crippen LogP contribution in [0.15, 0.2) is 54.6 Å². The SMILES string of the molecule is CCC(CCc1ccc(OC)cc1)c1ccccc1. The Kier molecular flexibility index (Phi) is 5.02. The molecule has 2 aromatic rings. The molecule has 0 amide bonds. The third kappa shape index (κ3) is 3.85. The molecule has 0 saturated heterocycles. The van der Waals surface area contributed by atoms with Crippen LogP contribution in [0.5, 0.6) is 5.75 Å². The van der Waals surface area contributed by atoms with E-state index in [1.165, 1.54) is 24.0 Å². The normalized spacial score (nSPS) is 12.1. The number of benzene rings is 2. The highest BCUT2D eigenvalue weighted by Crippen LogP contribution is 2.25. The average Bonchev–Trinajstić information content (AvgIpc) is 2.49. The standard InChI is InChI=1S/C18H22O/c1-3-16(17-7-5-4-6-8-17)12-9-15-10-13-18(19-2)14-11-15/h4-8,10-11,13-14,16H,3,9,12H2,1-2H3. The van der Waals surface area contributed by atoms with Crippen LogP contribution in [0.25, 0.3) is 0 Å². The summed E-state index contributed by atoms with van der Waals surface area (Å²) in [6, 6.07) is 19.2. The zero-order valence-electron chi connectivity index (χ0n) is 11.8. The molecule has 0 heterocycles. The molecule has 0 aliphatic heterocycles. The van der Waals surface area contributed by atoms with E-state index in [0.29, 0.717) is 5.92 Å². The number of hydrogen-bond donors (Lipinski definition) is 0. The Morgan fingerprint density at radius 1 is 0.947 bits per heavy atom. The maximum Gasteiger partial charge on any atom is 0.118 e. The van der Waals surface area contributed by atoms with Crippen LogP contribution in [-0.4, -0.2) is 7.11 Å². The van der Waals surface area contributed by atoms with Gasteiger partial charge in [0.1, 0.15) is 5.75 Å². The first kappa shape index (κ1) is 13.7. The number of methoxy groups -OCH3 is 1. The molecule has 1 atom stereocenters. The molecule has 0 radical (unpaired) electrons. The van der Waals surface area contributed by atoms with Crippen LogP contribution in [-0.2, 0) is 6.42 Å². The second-order valence-corrected chi connectivity index (χ2v) is 4.90. The van der Waals surface area contributed by atoms with Crippen molar-refractivity contribution in [2.45, 2.75) is 32.1 Å². The molecule has 1 unspecified atom stereocenters. The van der Waals surface area contributed by atoms with E-state index in [0.717, 1.165) is 12.2 Å². The number of rotatable bonds is 6. The van der Waals surface area contributed by atoms with Gasteiger partial charge in [0, 0.05) is 0 Å². The van der Waals surface area contributed by atoms with E-state index in [2.05, 4.69) is 49.4 Å². The summed E-state index contributed by atoms with van der Waals surface area (Å²) >= 11 is 0. The third-order valence-corrected chi connectivity index (χ3v) is 3.70. The Bertz CT molecular complexity index is 473. The molecular formula is C18H22O. The lowest BCUT2D eigenvalue weighted by molar-refractivity contribution is 0.414. The first-order valence-corrected chi connectivity index (χ1v) is 7.01. The zero-order chi connectivity index (χ0) is 13.5. The van der Waals surface area contributed by atoms with Crippen LogP contribution in [0.3, 0.4) is 0 Å². The van der Waals surface area contributed by atoms with Gasteiger partial charge in [-0.1, -0.05) is 49.4 Å². The molecule has 2 rings (SSSR count). The minimum Gasteiger partial charge on any atom is -0.497 e. The molecule has 0 aliphatic carbocycles. The van der Waals surface area contributed by atoms with Gasteiger partial charge in [0.25, 0.3) is 0 Å². The molecule has 0 saturated carbocycles. The second kappa shape index (κ2) is 6.98. The Hall–Kier alpha value is -1.76. The molecule has 1 nitrogen and oxygen atoms in total. The lowest BCUT2D eigenvalue weighted by Crippen LogP contribution is -1.99. The van der Waals surface area contributed by atoms with E-state index in [1.54, 1.807) is 7.11 Å². The number of ether oxygens (including phenoxy) is 1. The Morgan fingerprint density at radius 2 is 1.63 bits per heavy atom. The molecule has 0 aliphatic rings.